The molecule has 4 aromatic rings. The number of ether oxygens (including phenoxy) is 1. The van der Waals surface area contributed by atoms with Crippen LogP contribution in [0, 0.1) is 13.8 Å². The number of hydrogen-bond donors (Lipinski definition) is 2. The van der Waals surface area contributed by atoms with E-state index in [1.165, 1.54) is 11.3 Å². The fourth-order valence-electron chi connectivity index (χ4n) is 3.72. The van der Waals surface area contributed by atoms with Gasteiger partial charge in [0.2, 0.25) is 0 Å². The van der Waals surface area contributed by atoms with Crippen molar-refractivity contribution in [3.05, 3.63) is 92.9 Å². The molecule has 0 saturated carbocycles. The number of methoxy groups -OCH3 is 1. The van der Waals surface area contributed by atoms with Crippen molar-refractivity contribution in [2.24, 2.45) is 0 Å². The standard InChI is InChI=1S/C27H23ClN2O4S/c1-15-4-5-18(13-23(15)27(32)33)22-11-10-21(34-3)12-19(22)14-29-25(31)24-16(2)30-26(35-24)17-6-8-20(28)9-7-17/h4-13H,14H2,1-3H3,(H,29,31)(H,32,33). The number of carboxylic acids is 1. The first kappa shape index (κ1) is 24.4. The topological polar surface area (TPSA) is 88.5 Å². The SMILES string of the molecule is COc1ccc(-c2ccc(C)c(C(=O)O)c2)c(CNC(=O)c2sc(-c3ccc(Cl)cc3)nc2C)c1. The minimum absolute atomic E-state index is 0.231. The lowest BCUT2D eigenvalue weighted by Crippen LogP contribution is -2.23. The highest BCUT2D eigenvalue weighted by Crippen LogP contribution is 2.31. The monoisotopic (exact) mass is 506 g/mol. The zero-order valence-electron chi connectivity index (χ0n) is 19.4. The average Bonchev–Trinajstić information content (AvgIpc) is 3.24. The van der Waals surface area contributed by atoms with E-state index >= 15 is 0 Å². The number of carboxylic acid groups (broad SMARTS) is 1. The van der Waals surface area contributed by atoms with E-state index < -0.39 is 5.97 Å². The zero-order valence-corrected chi connectivity index (χ0v) is 21.0. The van der Waals surface area contributed by atoms with Gasteiger partial charge in [-0.25, -0.2) is 9.78 Å². The molecule has 0 fully saturated rings. The highest BCUT2D eigenvalue weighted by molar-refractivity contribution is 7.17. The summed E-state index contributed by atoms with van der Waals surface area (Å²) < 4.78 is 5.37. The maximum atomic E-state index is 13.1. The molecule has 2 N–H and O–H groups in total. The quantitative estimate of drug-likeness (QED) is 0.303. The average molecular weight is 507 g/mol. The van der Waals surface area contributed by atoms with E-state index in [1.54, 1.807) is 38.3 Å². The number of thiazole rings is 1. The fraction of sp³-hybridized carbons (Fsp3) is 0.148. The zero-order chi connectivity index (χ0) is 25.1. The van der Waals surface area contributed by atoms with Gasteiger partial charge in [0.25, 0.3) is 5.91 Å². The van der Waals surface area contributed by atoms with Crippen molar-refractivity contribution in [1.29, 1.82) is 0 Å². The van der Waals surface area contributed by atoms with E-state index in [-0.39, 0.29) is 18.0 Å². The number of rotatable bonds is 7. The normalized spacial score (nSPS) is 10.7. The minimum atomic E-state index is -0.982. The number of benzene rings is 3. The van der Waals surface area contributed by atoms with E-state index in [0.29, 0.717) is 26.9 Å². The highest BCUT2D eigenvalue weighted by Gasteiger charge is 2.18. The first-order chi connectivity index (χ1) is 16.8. The number of carbonyl (C=O) groups excluding carboxylic acids is 1. The molecule has 0 aliphatic carbocycles. The third-order valence-corrected chi connectivity index (χ3v) is 7.08. The molecule has 0 spiro atoms. The Bertz CT molecular complexity index is 1410. The van der Waals surface area contributed by atoms with Gasteiger partial charge in [-0.2, -0.15) is 0 Å². The molecule has 0 saturated heterocycles. The Hall–Kier alpha value is -3.68. The third kappa shape index (κ3) is 5.37. The van der Waals surface area contributed by atoms with Gasteiger partial charge in [0, 0.05) is 17.1 Å². The number of aryl methyl sites for hydroxylation is 2. The van der Waals surface area contributed by atoms with Gasteiger partial charge < -0.3 is 15.2 Å². The Kier molecular flexibility index (Phi) is 7.19. The fourth-order valence-corrected chi connectivity index (χ4v) is 4.84. The number of aromatic carboxylic acids is 1. The Morgan fingerprint density at radius 2 is 1.74 bits per heavy atom. The van der Waals surface area contributed by atoms with Gasteiger partial charge in [0.1, 0.15) is 15.6 Å². The number of nitrogens with zero attached hydrogens (tertiary/aromatic N) is 1. The molecule has 0 atom stereocenters. The molecule has 0 bridgehead atoms. The van der Waals surface area contributed by atoms with Crippen LogP contribution in [0.4, 0.5) is 0 Å². The lowest BCUT2D eigenvalue weighted by atomic mass is 9.95. The molecule has 3 aromatic carbocycles. The van der Waals surface area contributed by atoms with Gasteiger partial charge in [0.05, 0.1) is 18.4 Å². The predicted molar refractivity (Wildman–Crippen MR) is 139 cm³/mol. The predicted octanol–water partition coefficient (Wildman–Crippen LogP) is 6.38. The summed E-state index contributed by atoms with van der Waals surface area (Å²) in [6, 6.07) is 18.2. The van der Waals surface area contributed by atoms with Crippen molar-refractivity contribution in [3.63, 3.8) is 0 Å². The van der Waals surface area contributed by atoms with Gasteiger partial charge in [-0.15, -0.1) is 11.3 Å². The summed E-state index contributed by atoms with van der Waals surface area (Å²) in [5, 5.41) is 13.9. The Labute approximate surface area is 212 Å². The van der Waals surface area contributed by atoms with Crippen molar-refractivity contribution >= 4 is 34.8 Å². The Balaban J connectivity index is 1.60. The molecule has 35 heavy (non-hydrogen) atoms. The van der Waals surface area contributed by atoms with Gasteiger partial charge in [-0.3, -0.25) is 4.79 Å². The molecular formula is C27H23ClN2O4S. The van der Waals surface area contributed by atoms with E-state index in [0.717, 1.165) is 27.3 Å². The maximum absolute atomic E-state index is 13.1. The lowest BCUT2D eigenvalue weighted by Gasteiger charge is -2.14. The highest BCUT2D eigenvalue weighted by atomic mass is 35.5. The van der Waals surface area contributed by atoms with Crippen molar-refractivity contribution in [1.82, 2.24) is 10.3 Å². The van der Waals surface area contributed by atoms with Crippen molar-refractivity contribution in [2.75, 3.05) is 7.11 Å². The number of nitrogens with one attached hydrogen (secondary N) is 1. The maximum Gasteiger partial charge on any atom is 0.335 e. The van der Waals surface area contributed by atoms with E-state index in [9.17, 15) is 14.7 Å². The summed E-state index contributed by atoms with van der Waals surface area (Å²) in [4.78, 5) is 29.8. The number of halogens is 1. The largest absolute Gasteiger partial charge is 0.497 e. The summed E-state index contributed by atoms with van der Waals surface area (Å²) in [6.45, 7) is 3.80. The molecule has 1 aromatic heterocycles. The molecule has 0 radical (unpaired) electrons. The van der Waals surface area contributed by atoms with Gasteiger partial charge in [0.15, 0.2) is 0 Å². The molecule has 4 rings (SSSR count). The first-order valence-electron chi connectivity index (χ1n) is 10.8. The molecule has 8 heteroatoms. The summed E-state index contributed by atoms with van der Waals surface area (Å²) >= 11 is 7.30. The Morgan fingerprint density at radius 1 is 1.03 bits per heavy atom. The van der Waals surface area contributed by atoms with Crippen LogP contribution in [0.3, 0.4) is 0 Å². The smallest absolute Gasteiger partial charge is 0.335 e. The van der Waals surface area contributed by atoms with Crippen LogP contribution in [-0.4, -0.2) is 29.1 Å². The number of carbonyl (C=O) groups is 2. The van der Waals surface area contributed by atoms with Crippen molar-refractivity contribution in [2.45, 2.75) is 20.4 Å². The molecule has 0 unspecified atom stereocenters. The second kappa shape index (κ2) is 10.3. The molecule has 0 aliphatic heterocycles. The summed E-state index contributed by atoms with van der Waals surface area (Å²) in [6.07, 6.45) is 0. The molecule has 1 heterocycles. The van der Waals surface area contributed by atoms with E-state index in [2.05, 4.69) is 10.3 Å². The molecule has 1 amide bonds. The molecule has 178 valence electrons. The van der Waals surface area contributed by atoms with Crippen molar-refractivity contribution in [3.8, 4) is 27.4 Å². The Morgan fingerprint density at radius 3 is 2.43 bits per heavy atom. The van der Waals surface area contributed by atoms with Crippen LogP contribution < -0.4 is 10.1 Å². The van der Waals surface area contributed by atoms with Crippen molar-refractivity contribution < 1.29 is 19.4 Å². The van der Waals surface area contributed by atoms with Crippen LogP contribution >= 0.6 is 22.9 Å². The van der Waals surface area contributed by atoms with Crippen LogP contribution in [0.5, 0.6) is 5.75 Å². The van der Waals surface area contributed by atoms with Gasteiger partial charge in [-0.1, -0.05) is 41.9 Å². The second-order valence-electron chi connectivity index (χ2n) is 7.98. The van der Waals surface area contributed by atoms with Crippen LogP contribution in [-0.2, 0) is 6.54 Å². The van der Waals surface area contributed by atoms with Gasteiger partial charge >= 0.3 is 5.97 Å². The second-order valence-corrected chi connectivity index (χ2v) is 9.42. The van der Waals surface area contributed by atoms with E-state index in [4.69, 9.17) is 16.3 Å². The van der Waals surface area contributed by atoms with Crippen LogP contribution in [0.15, 0.2) is 60.7 Å². The first-order valence-corrected chi connectivity index (χ1v) is 12.0. The lowest BCUT2D eigenvalue weighted by molar-refractivity contribution is 0.0696. The summed E-state index contributed by atoms with van der Waals surface area (Å²) in [5.74, 6) is -0.573. The number of aromatic nitrogens is 1. The molecular weight excluding hydrogens is 484 g/mol. The van der Waals surface area contributed by atoms with Crippen LogP contribution in [0.1, 0.15) is 36.9 Å². The third-order valence-electron chi connectivity index (χ3n) is 5.62. The number of hydrogen-bond acceptors (Lipinski definition) is 5. The van der Waals surface area contributed by atoms with Gasteiger partial charge in [-0.05, 0) is 66.4 Å². The minimum Gasteiger partial charge on any atom is -0.497 e. The number of amides is 1. The van der Waals surface area contributed by atoms with E-state index in [1.807, 2.05) is 43.3 Å². The molecule has 6 nitrogen and oxygen atoms in total. The molecule has 0 aliphatic rings. The van der Waals surface area contributed by atoms with Crippen LogP contribution in [0.25, 0.3) is 21.7 Å². The summed E-state index contributed by atoms with van der Waals surface area (Å²) in [5.41, 5.74) is 4.83. The van der Waals surface area contributed by atoms with Crippen LogP contribution in [0.2, 0.25) is 5.02 Å². The summed E-state index contributed by atoms with van der Waals surface area (Å²) in [7, 11) is 1.57.